The second kappa shape index (κ2) is 38.3. The largest absolute Gasteiger partial charge is 0.494 e. The Balaban J connectivity index is 0.000000278. The fraction of sp³-hybridized carbons (Fsp3) is 0.478. The molecular weight excluding hydrogens is 1280 g/mol. The number of esters is 1. The van der Waals surface area contributed by atoms with Crippen molar-refractivity contribution in [3.8, 4) is 35.0 Å². The number of carbonyl (C=O) groups excluding carboxylic acids is 5. The Hall–Kier alpha value is -10.7. The number of hydrogen-bond acceptors (Lipinski definition) is 25. The zero-order valence-electron chi connectivity index (χ0n) is 57.6. The summed E-state index contributed by atoms with van der Waals surface area (Å²) in [4.78, 5) is 102. The second-order valence-corrected chi connectivity index (χ2v) is 24.6. The molecule has 30 nitrogen and oxygen atoms in total. The third-order valence-corrected chi connectivity index (χ3v) is 14.2. The zero-order valence-corrected chi connectivity index (χ0v) is 57.6. The van der Waals surface area contributed by atoms with E-state index in [1.54, 1.807) is 71.9 Å². The molecule has 4 aliphatic heterocycles. The van der Waals surface area contributed by atoms with E-state index in [9.17, 15) is 33.9 Å². The van der Waals surface area contributed by atoms with E-state index in [0.717, 1.165) is 74.0 Å². The Morgan fingerprint density at radius 1 is 0.505 bits per heavy atom. The summed E-state index contributed by atoms with van der Waals surface area (Å²) in [6.07, 6.45) is 5.57. The van der Waals surface area contributed by atoms with Gasteiger partial charge in [0.2, 0.25) is 23.8 Å². The SMILES string of the molecule is CCOc1nc2nc(n1)Nc1ccc(C(=O)N[C@@H](CCNC(=O)OC(C)(C)C)C(=O)O)c(c1)OCCCCCCOc1ccc(cc1)CN2.CCOc1nc2nc(n1)Nc1ccc(C(=O)N[C@@H](CCNC(=O)OC(C)(C)C)C(=O)OC)c(c1)OCCCCCCOc1ccc(cc1)CN2. The molecule has 0 spiro atoms. The van der Waals surface area contributed by atoms with Gasteiger partial charge in [-0.3, -0.25) is 9.59 Å². The van der Waals surface area contributed by atoms with Crippen LogP contribution in [0, 0.1) is 0 Å². The number of benzene rings is 4. The average Bonchev–Trinajstić information content (AvgIpc) is 0.903. The van der Waals surface area contributed by atoms with Gasteiger partial charge in [-0.1, -0.05) is 24.3 Å². The lowest BCUT2D eigenvalue weighted by molar-refractivity contribution is -0.143. The van der Waals surface area contributed by atoms with Crippen LogP contribution in [0.5, 0.6) is 35.0 Å². The summed E-state index contributed by atoms with van der Waals surface area (Å²) < 4.78 is 50.5. The number of ether oxygens (including phenoxy) is 9. The minimum Gasteiger partial charge on any atom is -0.494 e. The summed E-state index contributed by atoms with van der Waals surface area (Å²) in [6, 6.07) is 23.3. The third-order valence-electron chi connectivity index (χ3n) is 14.2. The van der Waals surface area contributed by atoms with E-state index in [4.69, 9.17) is 42.6 Å². The average molecular weight is 1370 g/mol. The van der Waals surface area contributed by atoms with Crippen LogP contribution in [0.15, 0.2) is 84.9 Å². The van der Waals surface area contributed by atoms with Crippen LogP contribution in [0.25, 0.3) is 0 Å². The number of anilines is 6. The molecule has 0 aliphatic carbocycles. The van der Waals surface area contributed by atoms with Gasteiger partial charge in [-0.25, -0.2) is 19.2 Å². The third kappa shape index (κ3) is 27.0. The number of alkyl carbamates (subject to hydrolysis) is 2. The van der Waals surface area contributed by atoms with E-state index >= 15 is 0 Å². The Kier molecular flexibility index (Phi) is 29.3. The van der Waals surface area contributed by atoms with Crippen molar-refractivity contribution in [2.75, 3.05) is 81.1 Å². The quantitative estimate of drug-likeness (QED) is 0.0321. The number of nitrogens with zero attached hydrogens (tertiary/aromatic N) is 6. The molecule has 4 aromatic carbocycles. The maximum Gasteiger partial charge on any atom is 0.407 e. The van der Waals surface area contributed by atoms with Gasteiger partial charge in [0.05, 0.1) is 57.9 Å². The molecule has 9 N–H and O–H groups in total. The maximum absolute atomic E-state index is 13.6. The first-order valence-electron chi connectivity index (χ1n) is 33.1. The first-order chi connectivity index (χ1) is 47.5. The first kappa shape index (κ1) is 75.7. The van der Waals surface area contributed by atoms with Gasteiger partial charge >= 0.3 is 36.1 Å². The summed E-state index contributed by atoms with van der Waals surface area (Å²) in [5.74, 6) is 0.0115. The molecular formula is C69H92N14O16. The summed E-state index contributed by atoms with van der Waals surface area (Å²) in [7, 11) is 1.23. The van der Waals surface area contributed by atoms with Crippen molar-refractivity contribution in [1.82, 2.24) is 51.2 Å². The number of carboxylic acids is 1. The van der Waals surface area contributed by atoms with Crippen molar-refractivity contribution in [2.45, 2.75) is 156 Å². The van der Waals surface area contributed by atoms with Crippen molar-refractivity contribution >= 4 is 71.1 Å². The van der Waals surface area contributed by atoms with Crippen LogP contribution >= 0.6 is 0 Å². The van der Waals surface area contributed by atoms with Crippen molar-refractivity contribution in [1.29, 1.82) is 0 Å². The Morgan fingerprint density at radius 2 is 0.889 bits per heavy atom. The summed E-state index contributed by atoms with van der Waals surface area (Å²) in [6.45, 7) is 17.6. The highest BCUT2D eigenvalue weighted by Crippen LogP contribution is 2.30. The topological polar surface area (TPSA) is 379 Å². The lowest BCUT2D eigenvalue weighted by Crippen LogP contribution is -2.44. The Labute approximate surface area is 575 Å². The fourth-order valence-electron chi connectivity index (χ4n) is 9.46. The molecule has 534 valence electrons. The number of fused-ring (bicyclic) bond motifs is 20. The summed E-state index contributed by atoms with van der Waals surface area (Å²) in [5.41, 5.74) is 2.04. The van der Waals surface area contributed by atoms with Crippen molar-refractivity contribution < 1.29 is 76.5 Å². The van der Waals surface area contributed by atoms with E-state index in [2.05, 4.69) is 72.4 Å². The number of carboxylic acid groups (broad SMARTS) is 1. The van der Waals surface area contributed by atoms with Crippen LogP contribution in [0.1, 0.15) is 151 Å². The van der Waals surface area contributed by atoms with Crippen LogP contribution < -0.4 is 71.0 Å². The van der Waals surface area contributed by atoms with Crippen LogP contribution in [0.2, 0.25) is 0 Å². The maximum atomic E-state index is 13.6. The fourth-order valence-corrected chi connectivity index (χ4v) is 9.46. The molecule has 2 aromatic heterocycles. The first-order valence-corrected chi connectivity index (χ1v) is 33.1. The minimum absolute atomic E-state index is 0.0262. The van der Waals surface area contributed by atoms with Crippen LogP contribution in [-0.4, -0.2) is 154 Å². The van der Waals surface area contributed by atoms with Gasteiger partial charge < -0.3 is 90.3 Å². The van der Waals surface area contributed by atoms with E-state index in [-0.39, 0.29) is 72.5 Å². The molecule has 99 heavy (non-hydrogen) atoms. The van der Waals surface area contributed by atoms with Gasteiger partial charge in [-0.2, -0.15) is 29.9 Å². The number of nitrogens with one attached hydrogen (secondary N) is 8. The highest BCUT2D eigenvalue weighted by Gasteiger charge is 2.27. The molecule has 12 bridgehead atoms. The highest BCUT2D eigenvalue weighted by atomic mass is 16.6. The standard InChI is InChI=1S/C35H47N7O8.C34H45N7O8/c1-6-47-33-41-31-37-22-23-11-14-25(15-12-23)48-19-9-7-8-10-20-49-28-21-24(38-32(40-31)42-33)13-16-26(28)29(43)39-27(30(44)46-5)17-18-36-34(45)50-35(2,3)4;1-5-46-32-40-30-36-21-22-10-13-24(14-11-22)47-18-8-6-7-9-19-48-27-20-23(37-31(39-30)41-32)12-15-25(27)28(42)38-26(29(43)44)16-17-35-33(45)49-34(2,3)4/h11-16,21,27H,6-10,17-20,22H2,1-5H3,(H,36,45)(H,39,43)(H2,37,38,40,41,42);10-15,20,26H,5-9,16-19,21H2,1-4H3,(H,35,45)(H,38,42)(H,43,44)(H2,36,37,39,40,41)/t27-;26-/m00/s1. The van der Waals surface area contributed by atoms with Gasteiger partial charge in [0.25, 0.3) is 11.8 Å². The van der Waals surface area contributed by atoms with Crippen molar-refractivity contribution in [3.05, 3.63) is 107 Å². The molecule has 0 saturated carbocycles. The van der Waals surface area contributed by atoms with E-state index < -0.39 is 59.2 Å². The Morgan fingerprint density at radius 3 is 1.27 bits per heavy atom. The molecule has 6 heterocycles. The number of carbonyl (C=O) groups is 6. The Bertz CT molecular complexity index is 3610. The smallest absolute Gasteiger partial charge is 0.407 e. The molecule has 30 heteroatoms. The van der Waals surface area contributed by atoms with Gasteiger partial charge in [-0.15, -0.1) is 0 Å². The number of aromatic nitrogens is 6. The second-order valence-electron chi connectivity index (χ2n) is 24.6. The molecule has 2 atom stereocenters. The molecule has 4 amide bonds. The molecule has 0 fully saturated rings. The van der Waals surface area contributed by atoms with E-state index in [0.29, 0.717) is 76.0 Å². The monoisotopic (exact) mass is 1370 g/mol. The van der Waals surface area contributed by atoms with E-state index in [1.165, 1.54) is 13.2 Å². The van der Waals surface area contributed by atoms with Crippen LogP contribution in [0.3, 0.4) is 0 Å². The normalized spacial score (nSPS) is 14.2. The molecule has 4 aliphatic rings. The van der Waals surface area contributed by atoms with Crippen LogP contribution in [-0.2, 0) is 36.9 Å². The van der Waals surface area contributed by atoms with Crippen molar-refractivity contribution in [3.63, 3.8) is 0 Å². The highest BCUT2D eigenvalue weighted by molar-refractivity contribution is 6.00. The lowest BCUT2D eigenvalue weighted by atomic mass is 10.1. The molecule has 10 rings (SSSR count). The minimum atomic E-state index is -1.28. The lowest BCUT2D eigenvalue weighted by Gasteiger charge is -2.21. The van der Waals surface area contributed by atoms with Gasteiger partial charge in [0.1, 0.15) is 46.3 Å². The van der Waals surface area contributed by atoms with Gasteiger partial charge in [0.15, 0.2) is 0 Å². The number of hydrogen-bond donors (Lipinski definition) is 9. The van der Waals surface area contributed by atoms with Crippen LogP contribution in [0.4, 0.5) is 44.8 Å². The number of amides is 4. The zero-order chi connectivity index (χ0) is 71.2. The molecule has 0 unspecified atom stereocenters. The summed E-state index contributed by atoms with van der Waals surface area (Å²) in [5, 5.41) is 32.9. The van der Waals surface area contributed by atoms with Gasteiger partial charge in [0, 0.05) is 49.7 Å². The number of methoxy groups -OCH3 is 1. The predicted molar refractivity (Wildman–Crippen MR) is 368 cm³/mol. The molecule has 0 saturated heterocycles. The number of aliphatic carboxylic acids is 1. The predicted octanol–water partition coefficient (Wildman–Crippen LogP) is 10.2. The van der Waals surface area contributed by atoms with Crippen molar-refractivity contribution in [2.24, 2.45) is 0 Å². The number of rotatable bonds is 16. The molecule has 6 aromatic rings. The molecule has 0 radical (unpaired) electrons. The summed E-state index contributed by atoms with van der Waals surface area (Å²) >= 11 is 0. The van der Waals surface area contributed by atoms with Gasteiger partial charge in [-0.05, 0) is 179 Å². The van der Waals surface area contributed by atoms with E-state index in [1.807, 2.05) is 62.4 Å².